The number of para-hydroxylation sites is 2. The lowest BCUT2D eigenvalue weighted by Crippen LogP contribution is -2.40. The van der Waals surface area contributed by atoms with Crippen LogP contribution in [0.4, 0.5) is 5.69 Å². The number of carbonyl (C=O) groups is 2. The quantitative estimate of drug-likeness (QED) is 0.491. The van der Waals surface area contributed by atoms with Crippen LogP contribution in [-0.4, -0.2) is 52.6 Å². The summed E-state index contributed by atoms with van der Waals surface area (Å²) >= 11 is 0. The number of fused-ring (bicyclic) bond motifs is 2. The Morgan fingerprint density at radius 3 is 2.65 bits per heavy atom. The molecule has 0 bridgehead atoms. The summed E-state index contributed by atoms with van der Waals surface area (Å²) in [6.07, 6.45) is 1.50. The highest BCUT2D eigenvalue weighted by molar-refractivity contribution is 6.10. The molecule has 1 N–H and O–H groups in total. The van der Waals surface area contributed by atoms with Crippen LogP contribution in [0.5, 0.6) is 0 Å². The minimum absolute atomic E-state index is 0.0313. The average Bonchev–Trinajstić information content (AvgIpc) is 3.22. The Bertz CT molecular complexity index is 1450. The molecule has 0 saturated carbocycles. The Morgan fingerprint density at radius 2 is 1.82 bits per heavy atom. The molecule has 1 fully saturated rings. The fourth-order valence-electron chi connectivity index (χ4n) is 4.15. The number of nitrogens with zero attached hydrogens (tertiary/aromatic N) is 3. The van der Waals surface area contributed by atoms with Gasteiger partial charge in [-0.05, 0) is 30.7 Å². The van der Waals surface area contributed by atoms with E-state index >= 15 is 0 Å². The van der Waals surface area contributed by atoms with Gasteiger partial charge in [0.1, 0.15) is 11.3 Å². The highest BCUT2D eigenvalue weighted by Gasteiger charge is 2.27. The van der Waals surface area contributed by atoms with Crippen LogP contribution < -0.4 is 10.9 Å². The number of aryl methyl sites for hydroxylation is 2. The number of anilines is 1. The number of benzene rings is 2. The third-order valence-electron chi connectivity index (χ3n) is 5.99. The molecule has 5 rings (SSSR count). The van der Waals surface area contributed by atoms with Gasteiger partial charge >= 0.3 is 0 Å². The lowest BCUT2D eigenvalue weighted by Gasteiger charge is -2.26. The summed E-state index contributed by atoms with van der Waals surface area (Å²) in [6.45, 7) is 3.90. The fraction of sp³-hybridized carbons (Fsp3) is 0.280. The summed E-state index contributed by atoms with van der Waals surface area (Å²) in [6, 6.07) is 12.6. The Morgan fingerprint density at radius 1 is 1.06 bits per heavy atom. The number of nitrogens with one attached hydrogen (secondary N) is 1. The SMILES string of the molecule is Cc1cccc2c(=O)n(CCC(=O)Nc3c(C(=O)N4CCOCC4)oc4ccccc34)cnc12. The molecule has 0 aliphatic carbocycles. The van der Waals surface area contributed by atoms with Crippen molar-refractivity contribution in [3.05, 3.63) is 70.5 Å². The Hall–Kier alpha value is -3.98. The summed E-state index contributed by atoms with van der Waals surface area (Å²) in [4.78, 5) is 44.8. The highest BCUT2D eigenvalue weighted by atomic mass is 16.5. The van der Waals surface area contributed by atoms with E-state index in [1.165, 1.54) is 10.9 Å². The first-order chi connectivity index (χ1) is 16.5. The van der Waals surface area contributed by atoms with Gasteiger partial charge in [-0.2, -0.15) is 0 Å². The molecule has 34 heavy (non-hydrogen) atoms. The molecule has 0 atom stereocenters. The van der Waals surface area contributed by atoms with Gasteiger partial charge in [0.05, 0.1) is 30.4 Å². The first-order valence-electron chi connectivity index (χ1n) is 11.2. The van der Waals surface area contributed by atoms with E-state index in [1.807, 2.05) is 25.1 Å². The number of morpholine rings is 1. The fourth-order valence-corrected chi connectivity index (χ4v) is 4.15. The maximum atomic E-state index is 13.1. The number of rotatable bonds is 5. The molecule has 2 aromatic carbocycles. The van der Waals surface area contributed by atoms with Crippen molar-refractivity contribution in [3.8, 4) is 0 Å². The van der Waals surface area contributed by atoms with Crippen LogP contribution in [-0.2, 0) is 16.1 Å². The summed E-state index contributed by atoms with van der Waals surface area (Å²) in [5.74, 6) is -0.532. The van der Waals surface area contributed by atoms with E-state index < -0.39 is 0 Å². The summed E-state index contributed by atoms with van der Waals surface area (Å²) in [7, 11) is 0. The molecule has 1 aliphatic rings. The molecule has 2 amide bonds. The van der Waals surface area contributed by atoms with Crippen molar-refractivity contribution in [2.24, 2.45) is 0 Å². The molecule has 0 radical (unpaired) electrons. The molecule has 9 heteroatoms. The van der Waals surface area contributed by atoms with Gasteiger partial charge in [0.2, 0.25) is 11.7 Å². The molecular formula is C25H24N4O5. The van der Waals surface area contributed by atoms with Crippen molar-refractivity contribution in [1.82, 2.24) is 14.5 Å². The lowest BCUT2D eigenvalue weighted by molar-refractivity contribution is -0.116. The molecule has 3 heterocycles. The zero-order chi connectivity index (χ0) is 23.7. The van der Waals surface area contributed by atoms with Gasteiger partial charge in [0, 0.05) is 31.4 Å². The van der Waals surface area contributed by atoms with Crippen LogP contribution in [0.3, 0.4) is 0 Å². The number of carbonyl (C=O) groups excluding carboxylic acids is 2. The maximum absolute atomic E-state index is 13.1. The van der Waals surface area contributed by atoms with Crippen molar-refractivity contribution in [1.29, 1.82) is 0 Å². The number of hydrogen-bond acceptors (Lipinski definition) is 6. The molecule has 1 saturated heterocycles. The van der Waals surface area contributed by atoms with Crippen molar-refractivity contribution in [2.45, 2.75) is 19.9 Å². The normalized spacial score (nSPS) is 14.0. The molecule has 174 valence electrons. The first-order valence-corrected chi connectivity index (χ1v) is 11.2. The van der Waals surface area contributed by atoms with E-state index in [9.17, 15) is 14.4 Å². The minimum atomic E-state index is -0.334. The Labute approximate surface area is 194 Å². The van der Waals surface area contributed by atoms with Crippen molar-refractivity contribution >= 4 is 39.4 Å². The smallest absolute Gasteiger partial charge is 0.291 e. The van der Waals surface area contributed by atoms with E-state index in [2.05, 4.69) is 10.3 Å². The van der Waals surface area contributed by atoms with Gasteiger partial charge in [-0.3, -0.25) is 19.0 Å². The number of ether oxygens (including phenoxy) is 1. The van der Waals surface area contributed by atoms with Gasteiger partial charge in [-0.15, -0.1) is 0 Å². The van der Waals surface area contributed by atoms with E-state index in [1.54, 1.807) is 29.2 Å². The molecular weight excluding hydrogens is 436 g/mol. The standard InChI is InChI=1S/C25H24N4O5/c1-16-5-4-7-18-21(16)26-15-29(24(18)31)10-9-20(30)27-22-17-6-2-3-8-19(17)34-23(22)25(32)28-11-13-33-14-12-28/h2-8,15H,9-14H2,1H3,(H,27,30). The van der Waals surface area contributed by atoms with Crippen LogP contribution in [0.1, 0.15) is 22.5 Å². The van der Waals surface area contributed by atoms with Gasteiger partial charge in [-0.1, -0.05) is 24.3 Å². The number of hydrogen-bond donors (Lipinski definition) is 1. The average molecular weight is 460 g/mol. The minimum Gasteiger partial charge on any atom is -0.449 e. The molecule has 9 nitrogen and oxygen atoms in total. The second kappa shape index (κ2) is 9.11. The third kappa shape index (κ3) is 4.06. The van der Waals surface area contributed by atoms with Gasteiger partial charge in [0.25, 0.3) is 11.5 Å². The van der Waals surface area contributed by atoms with Crippen LogP contribution in [0, 0.1) is 6.92 Å². The van der Waals surface area contributed by atoms with E-state index in [0.29, 0.717) is 53.9 Å². The van der Waals surface area contributed by atoms with Crippen LogP contribution in [0.25, 0.3) is 21.9 Å². The monoisotopic (exact) mass is 460 g/mol. The third-order valence-corrected chi connectivity index (χ3v) is 5.99. The zero-order valence-corrected chi connectivity index (χ0v) is 18.7. The summed E-state index contributed by atoms with van der Waals surface area (Å²) < 4.78 is 12.6. The van der Waals surface area contributed by atoms with Crippen LogP contribution in [0.2, 0.25) is 0 Å². The van der Waals surface area contributed by atoms with Gasteiger partial charge in [0.15, 0.2) is 0 Å². The van der Waals surface area contributed by atoms with Gasteiger partial charge < -0.3 is 19.4 Å². The topological polar surface area (TPSA) is 107 Å². The number of furan rings is 1. The van der Waals surface area contributed by atoms with Gasteiger partial charge in [-0.25, -0.2) is 4.98 Å². The second-order valence-electron chi connectivity index (χ2n) is 8.22. The van der Waals surface area contributed by atoms with E-state index in [4.69, 9.17) is 9.15 Å². The molecule has 0 spiro atoms. The number of amides is 2. The predicted octanol–water partition coefficient (Wildman–Crippen LogP) is 2.95. The predicted molar refractivity (Wildman–Crippen MR) is 127 cm³/mol. The van der Waals surface area contributed by atoms with Crippen molar-refractivity contribution in [3.63, 3.8) is 0 Å². The molecule has 4 aromatic rings. The van der Waals surface area contributed by atoms with Crippen molar-refractivity contribution < 1.29 is 18.7 Å². The highest BCUT2D eigenvalue weighted by Crippen LogP contribution is 2.32. The van der Waals surface area contributed by atoms with Crippen LogP contribution in [0.15, 0.2) is 58.0 Å². The van der Waals surface area contributed by atoms with E-state index in [-0.39, 0.29) is 36.1 Å². The molecule has 1 aliphatic heterocycles. The Balaban J connectivity index is 1.37. The lowest BCUT2D eigenvalue weighted by atomic mass is 10.1. The largest absolute Gasteiger partial charge is 0.449 e. The summed E-state index contributed by atoms with van der Waals surface area (Å²) in [5, 5.41) is 4.00. The second-order valence-corrected chi connectivity index (χ2v) is 8.22. The Kier molecular flexibility index (Phi) is 5.85. The maximum Gasteiger partial charge on any atom is 0.291 e. The number of aromatic nitrogens is 2. The van der Waals surface area contributed by atoms with E-state index in [0.717, 1.165) is 5.56 Å². The zero-order valence-electron chi connectivity index (χ0n) is 18.7. The molecule has 0 unspecified atom stereocenters. The van der Waals surface area contributed by atoms with Crippen LogP contribution >= 0.6 is 0 Å². The first kappa shape index (κ1) is 21.8. The van der Waals surface area contributed by atoms with Crippen molar-refractivity contribution in [2.75, 3.05) is 31.6 Å². The molecule has 2 aromatic heterocycles. The summed E-state index contributed by atoms with van der Waals surface area (Å²) in [5.41, 5.74) is 2.24.